The van der Waals surface area contributed by atoms with Gasteiger partial charge in [0.15, 0.2) is 0 Å². The summed E-state index contributed by atoms with van der Waals surface area (Å²) >= 11 is 0. The minimum atomic E-state index is -1.00. The number of anilines is 1. The summed E-state index contributed by atoms with van der Waals surface area (Å²) in [4.78, 5) is 32.1. The number of benzene rings is 1. The molecule has 1 aromatic rings. The van der Waals surface area contributed by atoms with Crippen LogP contribution in [0.1, 0.15) is 26.3 Å². The molecule has 0 heterocycles. The number of carbonyl (C=O) groups is 1. The first-order chi connectivity index (χ1) is 9.51. The predicted octanol–water partition coefficient (Wildman–Crippen LogP) is 3.16. The SMILES string of the molecule is Cc1cc([N+](=O)[O-])c(NC(=O)OC(C)(C)C)c([N+](=O)[O-])c1. The van der Waals surface area contributed by atoms with Gasteiger partial charge in [0.05, 0.1) is 9.85 Å². The third kappa shape index (κ3) is 4.41. The zero-order valence-corrected chi connectivity index (χ0v) is 12.0. The molecule has 0 aromatic heterocycles. The number of nitro benzene ring substituents is 2. The zero-order valence-electron chi connectivity index (χ0n) is 12.0. The van der Waals surface area contributed by atoms with Crippen molar-refractivity contribution in [2.45, 2.75) is 33.3 Å². The molecule has 21 heavy (non-hydrogen) atoms. The molecule has 0 fully saturated rings. The highest BCUT2D eigenvalue weighted by molar-refractivity contribution is 5.92. The number of hydrogen-bond donors (Lipinski definition) is 1. The quantitative estimate of drug-likeness (QED) is 0.674. The second-order valence-corrected chi connectivity index (χ2v) is 5.32. The van der Waals surface area contributed by atoms with Crippen molar-refractivity contribution < 1.29 is 19.4 Å². The van der Waals surface area contributed by atoms with E-state index in [0.717, 1.165) is 12.1 Å². The minimum Gasteiger partial charge on any atom is -0.444 e. The molecular weight excluding hydrogens is 282 g/mol. The van der Waals surface area contributed by atoms with E-state index >= 15 is 0 Å². The van der Waals surface area contributed by atoms with Crippen LogP contribution in [0.5, 0.6) is 0 Å². The van der Waals surface area contributed by atoms with Crippen LogP contribution in [0, 0.1) is 27.2 Å². The number of nitro groups is 2. The Labute approximate surface area is 120 Å². The number of amides is 1. The number of ether oxygens (including phenoxy) is 1. The average Bonchev–Trinajstić information content (AvgIpc) is 2.27. The van der Waals surface area contributed by atoms with Crippen molar-refractivity contribution >= 4 is 23.2 Å². The molecule has 114 valence electrons. The van der Waals surface area contributed by atoms with E-state index in [9.17, 15) is 25.0 Å². The van der Waals surface area contributed by atoms with Crippen molar-refractivity contribution in [3.63, 3.8) is 0 Å². The fraction of sp³-hybridized carbons (Fsp3) is 0.417. The first-order valence-electron chi connectivity index (χ1n) is 5.94. The molecule has 0 spiro atoms. The fourth-order valence-electron chi connectivity index (χ4n) is 1.57. The van der Waals surface area contributed by atoms with Crippen LogP contribution in [-0.4, -0.2) is 21.5 Å². The summed E-state index contributed by atoms with van der Waals surface area (Å²) in [7, 11) is 0. The van der Waals surface area contributed by atoms with Gasteiger partial charge in [0.1, 0.15) is 5.60 Å². The Kier molecular flexibility index (Phi) is 4.46. The largest absolute Gasteiger partial charge is 0.444 e. The summed E-state index contributed by atoms with van der Waals surface area (Å²) in [5.41, 5.74) is -2.12. The van der Waals surface area contributed by atoms with Crippen LogP contribution in [0.15, 0.2) is 12.1 Å². The van der Waals surface area contributed by atoms with Gasteiger partial charge in [-0.2, -0.15) is 0 Å². The highest BCUT2D eigenvalue weighted by atomic mass is 16.6. The van der Waals surface area contributed by atoms with Crippen molar-refractivity contribution in [1.82, 2.24) is 0 Å². The molecule has 0 saturated heterocycles. The van der Waals surface area contributed by atoms with Crippen molar-refractivity contribution in [1.29, 1.82) is 0 Å². The molecule has 0 saturated carbocycles. The molecule has 1 rings (SSSR count). The normalized spacial score (nSPS) is 10.9. The fourth-order valence-corrected chi connectivity index (χ4v) is 1.57. The lowest BCUT2D eigenvalue weighted by molar-refractivity contribution is -0.392. The third-order valence-corrected chi connectivity index (χ3v) is 2.26. The Hall–Kier alpha value is -2.71. The van der Waals surface area contributed by atoms with Crippen LogP contribution < -0.4 is 5.32 Å². The molecule has 0 aliphatic carbocycles. The monoisotopic (exact) mass is 297 g/mol. The maximum absolute atomic E-state index is 11.7. The van der Waals surface area contributed by atoms with E-state index in [2.05, 4.69) is 5.32 Å². The van der Waals surface area contributed by atoms with E-state index in [4.69, 9.17) is 4.74 Å². The molecule has 9 nitrogen and oxygen atoms in total. The van der Waals surface area contributed by atoms with Gasteiger partial charge in [-0.25, -0.2) is 4.79 Å². The lowest BCUT2D eigenvalue weighted by atomic mass is 10.1. The number of carbonyl (C=O) groups excluding carboxylic acids is 1. The number of nitrogens with zero attached hydrogens (tertiary/aromatic N) is 2. The second-order valence-electron chi connectivity index (χ2n) is 5.32. The van der Waals surface area contributed by atoms with Gasteiger partial charge in [0.2, 0.25) is 5.69 Å². The highest BCUT2D eigenvalue weighted by Gasteiger charge is 2.29. The van der Waals surface area contributed by atoms with Crippen LogP contribution in [-0.2, 0) is 4.74 Å². The second kappa shape index (κ2) is 5.73. The molecule has 0 radical (unpaired) electrons. The van der Waals surface area contributed by atoms with Gasteiger partial charge < -0.3 is 4.74 Å². The van der Waals surface area contributed by atoms with E-state index in [-0.39, 0.29) is 0 Å². The first-order valence-corrected chi connectivity index (χ1v) is 5.94. The van der Waals surface area contributed by atoms with Crippen molar-refractivity contribution in [3.05, 3.63) is 37.9 Å². The van der Waals surface area contributed by atoms with Crippen LogP contribution in [0.4, 0.5) is 21.9 Å². The van der Waals surface area contributed by atoms with E-state index in [0.29, 0.717) is 5.56 Å². The minimum absolute atomic E-state index is 0.336. The standard InChI is InChI=1S/C12H15N3O6/c1-7-5-8(14(17)18)10(9(6-7)15(19)20)13-11(16)21-12(2,3)4/h5-6H,1-4H3,(H,13,16). The smallest absolute Gasteiger partial charge is 0.412 e. The predicted molar refractivity (Wildman–Crippen MR) is 74.3 cm³/mol. The van der Waals surface area contributed by atoms with E-state index in [1.807, 2.05) is 0 Å². The maximum Gasteiger partial charge on any atom is 0.412 e. The van der Waals surface area contributed by atoms with Crippen molar-refractivity contribution in [3.8, 4) is 0 Å². The molecular formula is C12H15N3O6. The Morgan fingerprint density at radius 3 is 1.90 bits per heavy atom. The lowest BCUT2D eigenvalue weighted by Gasteiger charge is -2.19. The van der Waals surface area contributed by atoms with E-state index in [1.54, 1.807) is 20.8 Å². The molecule has 9 heteroatoms. The molecule has 0 unspecified atom stereocenters. The summed E-state index contributed by atoms with van der Waals surface area (Å²) in [6.07, 6.45) is -1.00. The Balaban J connectivity index is 3.29. The topological polar surface area (TPSA) is 125 Å². The number of aryl methyl sites for hydroxylation is 1. The van der Waals surface area contributed by atoms with E-state index < -0.39 is 38.6 Å². The summed E-state index contributed by atoms with van der Waals surface area (Å²) in [6.45, 7) is 6.29. The van der Waals surface area contributed by atoms with Gasteiger partial charge in [-0.15, -0.1) is 0 Å². The molecule has 1 aromatic carbocycles. The van der Waals surface area contributed by atoms with Gasteiger partial charge >= 0.3 is 6.09 Å². The van der Waals surface area contributed by atoms with E-state index in [1.165, 1.54) is 6.92 Å². The Bertz CT molecular complexity index is 570. The van der Waals surface area contributed by atoms with Gasteiger partial charge in [0, 0.05) is 12.1 Å². The lowest BCUT2D eigenvalue weighted by Crippen LogP contribution is -2.27. The third-order valence-electron chi connectivity index (χ3n) is 2.26. The Morgan fingerprint density at radius 2 is 1.57 bits per heavy atom. The summed E-state index contributed by atoms with van der Waals surface area (Å²) < 4.78 is 4.95. The van der Waals surface area contributed by atoms with Crippen LogP contribution >= 0.6 is 0 Å². The molecule has 0 aliphatic rings. The molecule has 1 amide bonds. The van der Waals surface area contributed by atoms with Crippen LogP contribution in [0.25, 0.3) is 0 Å². The van der Waals surface area contributed by atoms with Gasteiger partial charge in [0.25, 0.3) is 11.4 Å². The molecule has 0 aliphatic heterocycles. The zero-order chi connectivity index (χ0) is 16.4. The number of rotatable bonds is 3. The average molecular weight is 297 g/mol. The van der Waals surface area contributed by atoms with Gasteiger partial charge in [-0.3, -0.25) is 25.5 Å². The van der Waals surface area contributed by atoms with Crippen molar-refractivity contribution in [2.24, 2.45) is 0 Å². The van der Waals surface area contributed by atoms with Gasteiger partial charge in [-0.05, 0) is 33.3 Å². The number of nitrogens with one attached hydrogen (secondary N) is 1. The highest BCUT2D eigenvalue weighted by Crippen LogP contribution is 2.35. The maximum atomic E-state index is 11.7. The summed E-state index contributed by atoms with van der Waals surface area (Å²) in [6, 6.07) is 2.28. The molecule has 0 atom stereocenters. The summed E-state index contributed by atoms with van der Waals surface area (Å²) in [5, 5.41) is 24.1. The van der Waals surface area contributed by atoms with Crippen molar-refractivity contribution in [2.75, 3.05) is 5.32 Å². The first kappa shape index (κ1) is 16.3. The molecule has 1 N–H and O–H groups in total. The Morgan fingerprint density at radius 1 is 1.14 bits per heavy atom. The van der Waals surface area contributed by atoms with Gasteiger partial charge in [-0.1, -0.05) is 0 Å². The summed E-state index contributed by atoms with van der Waals surface area (Å²) in [5.74, 6) is 0. The molecule has 0 bridgehead atoms. The van der Waals surface area contributed by atoms with Crippen LogP contribution in [0.3, 0.4) is 0 Å². The van der Waals surface area contributed by atoms with Crippen LogP contribution in [0.2, 0.25) is 0 Å². The number of hydrogen-bond acceptors (Lipinski definition) is 6.